The van der Waals surface area contributed by atoms with E-state index < -0.39 is 0 Å². The fraction of sp³-hybridized carbons (Fsp3) is 0.542. The number of likely N-dealkylation sites (tertiary alicyclic amines) is 1. The molecule has 0 spiro atoms. The SMILES string of the molecule is CN=C(NCCCN1C(=O)C2C3C=CC(C3)C2C1=O)NCC(c1cccc(F)c1)N(C)C. The Morgan fingerprint density at radius 1 is 1.19 bits per heavy atom. The Morgan fingerprint density at radius 2 is 1.88 bits per heavy atom. The van der Waals surface area contributed by atoms with Crippen molar-refractivity contribution in [3.05, 3.63) is 47.8 Å². The smallest absolute Gasteiger partial charge is 0.233 e. The lowest BCUT2D eigenvalue weighted by atomic mass is 9.85. The van der Waals surface area contributed by atoms with E-state index in [0.29, 0.717) is 32.0 Å². The minimum atomic E-state index is -0.254. The van der Waals surface area contributed by atoms with Gasteiger partial charge < -0.3 is 15.5 Å². The van der Waals surface area contributed by atoms with Crippen LogP contribution >= 0.6 is 0 Å². The molecule has 2 N–H and O–H groups in total. The van der Waals surface area contributed by atoms with Gasteiger partial charge in [-0.05, 0) is 56.5 Å². The molecule has 5 atom stereocenters. The first-order chi connectivity index (χ1) is 15.4. The van der Waals surface area contributed by atoms with Crippen LogP contribution in [0.25, 0.3) is 0 Å². The second kappa shape index (κ2) is 9.40. The lowest BCUT2D eigenvalue weighted by Crippen LogP contribution is -2.43. The lowest BCUT2D eigenvalue weighted by Gasteiger charge is -2.26. The molecule has 5 unspecified atom stereocenters. The molecule has 2 bridgehead atoms. The molecule has 0 aromatic heterocycles. The van der Waals surface area contributed by atoms with Crippen molar-refractivity contribution in [3.63, 3.8) is 0 Å². The number of halogens is 1. The highest BCUT2D eigenvalue weighted by molar-refractivity contribution is 6.06. The maximum absolute atomic E-state index is 13.6. The molecular weight excluding hydrogens is 409 g/mol. The lowest BCUT2D eigenvalue weighted by molar-refractivity contribution is -0.140. The number of benzene rings is 1. The van der Waals surface area contributed by atoms with Gasteiger partial charge in [-0.2, -0.15) is 0 Å². The number of guanidine groups is 1. The first kappa shape index (κ1) is 22.5. The molecule has 0 radical (unpaired) electrons. The van der Waals surface area contributed by atoms with Gasteiger partial charge in [0.1, 0.15) is 5.82 Å². The van der Waals surface area contributed by atoms with Crippen molar-refractivity contribution < 1.29 is 14.0 Å². The van der Waals surface area contributed by atoms with Gasteiger partial charge in [-0.3, -0.25) is 19.5 Å². The van der Waals surface area contributed by atoms with Crippen molar-refractivity contribution in [1.82, 2.24) is 20.4 Å². The summed E-state index contributed by atoms with van der Waals surface area (Å²) in [5.41, 5.74) is 0.887. The Balaban J connectivity index is 1.24. The first-order valence-electron chi connectivity index (χ1n) is 11.3. The Kier molecular flexibility index (Phi) is 6.60. The number of aliphatic imine (C=N–C) groups is 1. The Labute approximate surface area is 188 Å². The number of fused-ring (bicyclic) bond motifs is 5. The largest absolute Gasteiger partial charge is 0.356 e. The Morgan fingerprint density at radius 3 is 2.47 bits per heavy atom. The Hall–Kier alpha value is -2.74. The van der Waals surface area contributed by atoms with Crippen LogP contribution < -0.4 is 10.6 Å². The molecule has 1 aromatic rings. The molecule has 32 heavy (non-hydrogen) atoms. The van der Waals surface area contributed by atoms with Crippen molar-refractivity contribution in [2.75, 3.05) is 40.8 Å². The van der Waals surface area contributed by atoms with Crippen LogP contribution in [-0.2, 0) is 9.59 Å². The number of hydrogen-bond acceptors (Lipinski definition) is 4. The van der Waals surface area contributed by atoms with Gasteiger partial charge in [-0.25, -0.2) is 4.39 Å². The van der Waals surface area contributed by atoms with Crippen LogP contribution in [0.4, 0.5) is 4.39 Å². The summed E-state index contributed by atoms with van der Waals surface area (Å²) in [6, 6.07) is 6.59. The standard InChI is InChI=1S/C24H32FN5O2/c1-26-24(28-14-19(29(2)3)15-6-4-7-18(25)13-15)27-10-5-11-30-22(31)20-16-8-9-17(12-16)21(20)23(30)32/h4,6-9,13,16-17,19-21H,5,10-12,14H2,1-3H3,(H2,26,27,28). The van der Waals surface area contributed by atoms with Gasteiger partial charge in [0.15, 0.2) is 5.96 Å². The summed E-state index contributed by atoms with van der Waals surface area (Å²) < 4.78 is 13.6. The van der Waals surface area contributed by atoms with Crippen LogP contribution in [0.2, 0.25) is 0 Å². The molecule has 172 valence electrons. The van der Waals surface area contributed by atoms with Crippen LogP contribution in [0, 0.1) is 29.5 Å². The molecule has 1 saturated heterocycles. The van der Waals surface area contributed by atoms with E-state index in [1.165, 1.54) is 11.0 Å². The molecule has 8 heteroatoms. The molecule has 1 aliphatic heterocycles. The number of imide groups is 1. The van der Waals surface area contributed by atoms with Gasteiger partial charge in [0, 0.05) is 26.7 Å². The summed E-state index contributed by atoms with van der Waals surface area (Å²) in [5.74, 6) is 0.607. The zero-order valence-corrected chi connectivity index (χ0v) is 18.9. The summed E-state index contributed by atoms with van der Waals surface area (Å²) in [6.07, 6.45) is 5.83. The van der Waals surface area contributed by atoms with E-state index in [0.717, 1.165) is 12.0 Å². The van der Waals surface area contributed by atoms with E-state index in [1.807, 2.05) is 25.1 Å². The zero-order valence-electron chi connectivity index (χ0n) is 18.9. The summed E-state index contributed by atoms with van der Waals surface area (Å²) in [5, 5.41) is 6.53. The molecule has 2 fully saturated rings. The third-order valence-electron chi connectivity index (χ3n) is 6.96. The van der Waals surface area contributed by atoms with Crippen LogP contribution in [0.5, 0.6) is 0 Å². The Bertz CT molecular complexity index is 901. The van der Waals surface area contributed by atoms with E-state index in [1.54, 1.807) is 19.2 Å². The molecule has 1 aromatic carbocycles. The first-order valence-corrected chi connectivity index (χ1v) is 11.3. The maximum Gasteiger partial charge on any atom is 0.233 e. The van der Waals surface area contributed by atoms with Crippen LogP contribution in [0.1, 0.15) is 24.4 Å². The van der Waals surface area contributed by atoms with Crippen LogP contribution in [0.3, 0.4) is 0 Å². The van der Waals surface area contributed by atoms with Gasteiger partial charge in [0.05, 0.1) is 17.9 Å². The number of rotatable bonds is 8. The fourth-order valence-corrected chi connectivity index (χ4v) is 5.35. The number of nitrogens with one attached hydrogen (secondary N) is 2. The number of nitrogens with zero attached hydrogens (tertiary/aromatic N) is 3. The second-order valence-corrected chi connectivity index (χ2v) is 9.10. The number of amides is 2. The number of hydrogen-bond donors (Lipinski definition) is 2. The van der Waals surface area contributed by atoms with E-state index in [-0.39, 0.29) is 47.3 Å². The molecule has 4 rings (SSSR count). The van der Waals surface area contributed by atoms with Crippen molar-refractivity contribution in [3.8, 4) is 0 Å². The van der Waals surface area contributed by atoms with Crippen molar-refractivity contribution >= 4 is 17.8 Å². The predicted molar refractivity (Wildman–Crippen MR) is 121 cm³/mol. The normalized spacial score (nSPS) is 27.4. The van der Waals surface area contributed by atoms with E-state index in [9.17, 15) is 14.0 Å². The molecule has 2 aliphatic carbocycles. The minimum Gasteiger partial charge on any atom is -0.356 e. The fourth-order valence-electron chi connectivity index (χ4n) is 5.35. The topological polar surface area (TPSA) is 77.0 Å². The monoisotopic (exact) mass is 441 g/mol. The van der Waals surface area contributed by atoms with Crippen LogP contribution in [-0.4, -0.2) is 68.4 Å². The van der Waals surface area contributed by atoms with Gasteiger partial charge in [0.25, 0.3) is 0 Å². The van der Waals surface area contributed by atoms with E-state index in [4.69, 9.17) is 0 Å². The van der Waals surface area contributed by atoms with Gasteiger partial charge >= 0.3 is 0 Å². The second-order valence-electron chi connectivity index (χ2n) is 9.10. The van der Waals surface area contributed by atoms with Crippen molar-refractivity contribution in [2.24, 2.45) is 28.7 Å². The molecule has 1 saturated carbocycles. The quantitative estimate of drug-likeness (QED) is 0.212. The zero-order chi connectivity index (χ0) is 22.8. The molecule has 2 amide bonds. The van der Waals surface area contributed by atoms with Crippen LogP contribution in [0.15, 0.2) is 41.4 Å². The summed E-state index contributed by atoms with van der Waals surface area (Å²) >= 11 is 0. The minimum absolute atomic E-state index is 0.00303. The summed E-state index contributed by atoms with van der Waals surface area (Å²) in [7, 11) is 5.60. The third kappa shape index (κ3) is 4.28. The molecule has 7 nitrogen and oxygen atoms in total. The average molecular weight is 442 g/mol. The number of carbonyl (C=O) groups is 2. The average Bonchev–Trinajstić information content (AvgIpc) is 3.44. The third-order valence-corrected chi connectivity index (χ3v) is 6.96. The molecule has 3 aliphatic rings. The highest BCUT2D eigenvalue weighted by atomic mass is 19.1. The van der Waals surface area contributed by atoms with Gasteiger partial charge in [0.2, 0.25) is 11.8 Å². The number of likely N-dealkylation sites (N-methyl/N-ethyl adjacent to an activating group) is 1. The predicted octanol–water partition coefficient (Wildman–Crippen LogP) is 1.79. The highest BCUT2D eigenvalue weighted by Gasteiger charge is 2.58. The summed E-state index contributed by atoms with van der Waals surface area (Å²) in [6.45, 7) is 1.57. The van der Waals surface area contributed by atoms with Gasteiger partial charge in [-0.1, -0.05) is 24.3 Å². The molecule has 1 heterocycles. The van der Waals surface area contributed by atoms with E-state index >= 15 is 0 Å². The van der Waals surface area contributed by atoms with Crippen molar-refractivity contribution in [2.45, 2.75) is 18.9 Å². The van der Waals surface area contributed by atoms with Crippen molar-refractivity contribution in [1.29, 1.82) is 0 Å². The van der Waals surface area contributed by atoms with Gasteiger partial charge in [-0.15, -0.1) is 0 Å². The maximum atomic E-state index is 13.6. The van der Waals surface area contributed by atoms with E-state index in [2.05, 4.69) is 27.8 Å². The molecular formula is C24H32FN5O2. The highest BCUT2D eigenvalue weighted by Crippen LogP contribution is 2.52. The number of carbonyl (C=O) groups excluding carboxylic acids is 2. The summed E-state index contributed by atoms with van der Waals surface area (Å²) in [4.78, 5) is 33.3. The number of allylic oxidation sites excluding steroid dienone is 2.